The Hall–Kier alpha value is -1.42. The fraction of sp³-hybridized carbons (Fsp3) is 0.853. The molecular weight excluding hydrogens is 559 g/mol. The molecule has 11 atom stereocenters. The molecule has 9 heteroatoms. The minimum Gasteiger partial charge on any atom is -0.477 e. The first kappa shape index (κ1) is 31.6. The van der Waals surface area contributed by atoms with Crippen LogP contribution < -0.4 is 4.74 Å². The van der Waals surface area contributed by atoms with Crippen molar-refractivity contribution in [3.05, 3.63) is 23.6 Å². The maximum absolute atomic E-state index is 16.1. The molecule has 2 heterocycles. The third kappa shape index (κ3) is 5.52. The van der Waals surface area contributed by atoms with Gasteiger partial charge in [-0.25, -0.2) is 8.78 Å². The molecule has 5 aliphatic rings. The quantitative estimate of drug-likeness (QED) is 0.284. The second-order valence-electron chi connectivity index (χ2n) is 15.3. The van der Waals surface area contributed by atoms with E-state index in [9.17, 15) is 19.7 Å². The third-order valence-corrected chi connectivity index (χ3v) is 13.0. The maximum atomic E-state index is 16.1. The number of aliphatic hydroxyl groups excluding tert-OH is 3. The molecule has 1 aliphatic heterocycles. The average molecular weight is 610 g/mol. The Kier molecular flexibility index (Phi) is 8.62. The summed E-state index contributed by atoms with van der Waals surface area (Å²) in [5, 5.41) is 32.1. The monoisotopic (exact) mass is 609 g/mol. The second-order valence-corrected chi connectivity index (χ2v) is 15.3. The Labute approximate surface area is 253 Å². The first-order valence-corrected chi connectivity index (χ1v) is 16.6. The topological polar surface area (TPSA) is 92.0 Å². The fourth-order valence-corrected chi connectivity index (χ4v) is 10.5. The number of rotatable bonds is 9. The van der Waals surface area contributed by atoms with Crippen LogP contribution >= 0.6 is 0 Å². The van der Waals surface area contributed by atoms with E-state index in [2.05, 4.69) is 25.8 Å². The van der Waals surface area contributed by atoms with E-state index in [0.29, 0.717) is 56.5 Å². The van der Waals surface area contributed by atoms with Crippen LogP contribution in [-0.2, 0) is 4.74 Å². The van der Waals surface area contributed by atoms with E-state index in [1.807, 2.05) is 0 Å². The molecule has 3 N–H and O–H groups in total. The molecule has 1 aromatic heterocycles. The third-order valence-electron chi connectivity index (χ3n) is 13.0. The highest BCUT2D eigenvalue weighted by Crippen LogP contribution is 2.71. The van der Waals surface area contributed by atoms with E-state index in [0.717, 1.165) is 38.5 Å². The van der Waals surface area contributed by atoms with E-state index in [1.54, 1.807) is 6.07 Å². The highest BCUT2D eigenvalue weighted by atomic mass is 19.3. The molecule has 4 aliphatic carbocycles. The lowest BCUT2D eigenvalue weighted by molar-refractivity contribution is -0.258. The number of hydrogen-bond donors (Lipinski definition) is 3. The van der Waals surface area contributed by atoms with Crippen molar-refractivity contribution in [3.63, 3.8) is 0 Å². The first-order chi connectivity index (χ1) is 20.3. The summed E-state index contributed by atoms with van der Waals surface area (Å²) in [4.78, 5) is 3.89. The number of pyridine rings is 1. The average Bonchev–Trinajstić information content (AvgIpc) is 3.28. The highest BCUT2D eigenvalue weighted by molar-refractivity contribution is 5.28. The van der Waals surface area contributed by atoms with Crippen molar-refractivity contribution in [2.75, 3.05) is 19.8 Å². The Morgan fingerprint density at radius 3 is 2.44 bits per heavy atom. The van der Waals surface area contributed by atoms with Crippen LogP contribution in [0.15, 0.2) is 12.1 Å². The number of nitrogens with zero attached hydrogens (tertiary/aromatic N) is 1. The summed E-state index contributed by atoms with van der Waals surface area (Å²) in [7, 11) is 0. The number of ether oxygens (including phenoxy) is 2. The molecule has 0 bridgehead atoms. The summed E-state index contributed by atoms with van der Waals surface area (Å²) in [5.41, 5.74) is -0.0337. The number of hydrogen-bond acceptors (Lipinski definition) is 6. The molecule has 43 heavy (non-hydrogen) atoms. The van der Waals surface area contributed by atoms with Crippen molar-refractivity contribution in [1.29, 1.82) is 0 Å². The van der Waals surface area contributed by atoms with Gasteiger partial charge in [-0.2, -0.15) is 9.37 Å². The van der Waals surface area contributed by atoms with Crippen LogP contribution in [-0.4, -0.2) is 58.3 Å². The summed E-state index contributed by atoms with van der Waals surface area (Å²) >= 11 is 0. The molecule has 6 rings (SSSR count). The lowest BCUT2D eigenvalue weighted by Crippen LogP contribution is -2.64. The van der Waals surface area contributed by atoms with E-state index in [-0.39, 0.29) is 40.9 Å². The van der Waals surface area contributed by atoms with Crippen molar-refractivity contribution in [2.24, 2.45) is 52.3 Å². The van der Waals surface area contributed by atoms with E-state index in [4.69, 9.17) is 9.47 Å². The van der Waals surface area contributed by atoms with E-state index >= 15 is 8.78 Å². The Bertz CT molecular complexity index is 1150. The van der Waals surface area contributed by atoms with Crippen molar-refractivity contribution >= 4 is 0 Å². The summed E-state index contributed by atoms with van der Waals surface area (Å²) in [5.74, 6) is -3.86. The van der Waals surface area contributed by atoms with Crippen molar-refractivity contribution in [3.8, 4) is 5.88 Å². The van der Waals surface area contributed by atoms with Crippen LogP contribution in [0.3, 0.4) is 0 Å². The van der Waals surface area contributed by atoms with Crippen LogP contribution in [0, 0.1) is 58.2 Å². The van der Waals surface area contributed by atoms with Gasteiger partial charge in [0.1, 0.15) is 0 Å². The molecule has 0 aromatic carbocycles. The Morgan fingerprint density at radius 2 is 1.72 bits per heavy atom. The van der Waals surface area contributed by atoms with Crippen molar-refractivity contribution in [1.82, 2.24) is 4.98 Å². The molecule has 0 spiro atoms. The lowest BCUT2D eigenvalue weighted by atomic mass is 9.43. The van der Waals surface area contributed by atoms with Gasteiger partial charge in [-0.15, -0.1) is 0 Å². The molecule has 0 radical (unpaired) electrons. The predicted molar refractivity (Wildman–Crippen MR) is 155 cm³/mol. The Morgan fingerprint density at radius 1 is 1.00 bits per heavy atom. The first-order valence-electron chi connectivity index (χ1n) is 16.6. The zero-order valence-electron chi connectivity index (χ0n) is 25.9. The van der Waals surface area contributed by atoms with Gasteiger partial charge in [0.15, 0.2) is 0 Å². The van der Waals surface area contributed by atoms with Crippen LogP contribution in [0.25, 0.3) is 0 Å². The van der Waals surface area contributed by atoms with Gasteiger partial charge in [-0.3, -0.25) is 0 Å². The molecule has 4 saturated carbocycles. The summed E-state index contributed by atoms with van der Waals surface area (Å²) in [6.07, 6.45) is 3.59. The SMILES string of the molecule is C[C@H](CCCC(O)c1ccc(F)nc1OCC1COC1)[C@H]1CC[C@H]2[C@H]3[C@H](CC[C@]12C)[C@@]1(C)CC[C@H](O)[C@H](O)[C@@H]1CC3(F)F. The van der Waals surface area contributed by atoms with Gasteiger partial charge in [0.05, 0.1) is 38.1 Å². The number of aliphatic hydroxyl groups is 3. The second kappa shape index (κ2) is 11.7. The minimum atomic E-state index is -2.85. The summed E-state index contributed by atoms with van der Waals surface area (Å²) < 4.78 is 57.0. The largest absolute Gasteiger partial charge is 0.477 e. The molecule has 1 saturated heterocycles. The molecule has 5 fully saturated rings. The van der Waals surface area contributed by atoms with E-state index < -0.39 is 42.0 Å². The number of aromatic nitrogens is 1. The van der Waals surface area contributed by atoms with Gasteiger partial charge < -0.3 is 24.8 Å². The van der Waals surface area contributed by atoms with Crippen molar-refractivity contribution < 1.29 is 38.0 Å². The van der Waals surface area contributed by atoms with Gasteiger partial charge in [0.25, 0.3) is 5.92 Å². The van der Waals surface area contributed by atoms with Crippen LogP contribution in [0.4, 0.5) is 13.2 Å². The number of alkyl halides is 2. The number of fused-ring (bicyclic) bond motifs is 5. The van der Waals surface area contributed by atoms with E-state index in [1.165, 1.54) is 6.07 Å². The Balaban J connectivity index is 1.09. The normalized spacial score (nSPS) is 41.8. The van der Waals surface area contributed by atoms with Gasteiger partial charge in [-0.05, 0) is 97.5 Å². The van der Waals surface area contributed by atoms with Crippen molar-refractivity contribution in [2.45, 2.75) is 109 Å². The zero-order valence-corrected chi connectivity index (χ0v) is 25.9. The lowest BCUT2D eigenvalue weighted by Gasteiger charge is -2.63. The molecule has 6 nitrogen and oxygen atoms in total. The van der Waals surface area contributed by atoms with Gasteiger partial charge in [0.2, 0.25) is 11.8 Å². The summed E-state index contributed by atoms with van der Waals surface area (Å²) in [6, 6.07) is 2.79. The van der Waals surface area contributed by atoms with Gasteiger partial charge in [-0.1, -0.05) is 33.6 Å². The standard InChI is InChI=1S/C34H50F3NO5/c1-19(5-4-6-26(39)21-7-10-28(35)38-31(21)43-18-20-16-42-17-20)22-8-9-23-29-24(11-13-32(22,23)2)33(3)14-12-27(40)30(41)25(33)15-34(29,36)37/h7,10,19-20,22-27,29-30,39-41H,4-6,8-9,11-18H2,1-3H3/t19-,22-,23+,24+,25+,26?,27+,29+,30-,32-,33-/m1/s1. The number of halogens is 3. The van der Waals surface area contributed by atoms with Crippen LogP contribution in [0.1, 0.15) is 96.6 Å². The molecule has 242 valence electrons. The fourth-order valence-electron chi connectivity index (χ4n) is 10.5. The zero-order chi connectivity index (χ0) is 30.7. The van der Waals surface area contributed by atoms with Gasteiger partial charge >= 0.3 is 0 Å². The molecule has 1 aromatic rings. The highest BCUT2D eigenvalue weighted by Gasteiger charge is 2.69. The van der Waals surface area contributed by atoms with Gasteiger partial charge in [0, 0.05) is 23.8 Å². The maximum Gasteiger partial charge on any atom is 0.251 e. The molecular formula is C34H50F3NO5. The predicted octanol–water partition coefficient (Wildman–Crippen LogP) is 6.32. The summed E-state index contributed by atoms with van der Waals surface area (Å²) in [6.45, 7) is 8.19. The van der Waals surface area contributed by atoms with Crippen LogP contribution in [0.5, 0.6) is 5.88 Å². The van der Waals surface area contributed by atoms with Crippen LogP contribution in [0.2, 0.25) is 0 Å². The molecule has 0 amide bonds. The molecule has 1 unspecified atom stereocenters. The minimum absolute atomic E-state index is 0.0490. The smallest absolute Gasteiger partial charge is 0.251 e.